The van der Waals surface area contributed by atoms with E-state index in [1.54, 1.807) is 19.3 Å². The summed E-state index contributed by atoms with van der Waals surface area (Å²) in [6, 6.07) is 0. The van der Waals surface area contributed by atoms with E-state index in [1.807, 2.05) is 0 Å². The molecule has 3 rings (SSSR count). The van der Waals surface area contributed by atoms with E-state index in [0.29, 0.717) is 0 Å². The predicted molar refractivity (Wildman–Crippen MR) is 45.6 cm³/mol. The van der Waals surface area contributed by atoms with Crippen molar-refractivity contribution in [2.24, 2.45) is 23.7 Å². The van der Waals surface area contributed by atoms with Gasteiger partial charge in [0.05, 0.1) is 0 Å². The lowest BCUT2D eigenvalue weighted by Gasteiger charge is -2.68. The van der Waals surface area contributed by atoms with Crippen LogP contribution >= 0.6 is 22.6 Å². The Balaban J connectivity index is 1.82. The highest BCUT2D eigenvalue weighted by atomic mass is 127. The Hall–Kier alpha value is 0.730. The molecule has 0 bridgehead atoms. The summed E-state index contributed by atoms with van der Waals surface area (Å²) in [5.74, 6) is 4.85. The Morgan fingerprint density at radius 1 is 1.00 bits per heavy atom. The Labute approximate surface area is 69.5 Å². The fourth-order valence-corrected chi connectivity index (χ4v) is 4.76. The summed E-state index contributed by atoms with van der Waals surface area (Å²) >= 11 is 2.64. The third-order valence-electron chi connectivity index (χ3n) is 3.84. The average molecular weight is 234 g/mol. The molecule has 0 N–H and O–H groups in total. The molecule has 0 nitrogen and oxygen atoms in total. The lowest BCUT2D eigenvalue weighted by atomic mass is 9.39. The molecule has 3 saturated carbocycles. The molecule has 0 heterocycles. The van der Waals surface area contributed by atoms with E-state index in [9.17, 15) is 0 Å². The van der Waals surface area contributed by atoms with Crippen LogP contribution in [0.1, 0.15) is 19.3 Å². The third kappa shape index (κ3) is 0.447. The van der Waals surface area contributed by atoms with Gasteiger partial charge in [0, 0.05) is 3.92 Å². The maximum atomic E-state index is 2.64. The maximum absolute atomic E-state index is 2.64. The van der Waals surface area contributed by atoms with Crippen molar-refractivity contribution in [3.05, 3.63) is 0 Å². The van der Waals surface area contributed by atoms with Crippen molar-refractivity contribution < 1.29 is 0 Å². The minimum Gasteiger partial charge on any atom is -0.0823 e. The van der Waals surface area contributed by atoms with Crippen LogP contribution in [0.4, 0.5) is 0 Å². The van der Waals surface area contributed by atoms with Gasteiger partial charge in [0.15, 0.2) is 0 Å². The predicted octanol–water partition coefficient (Wildman–Crippen LogP) is 2.47. The second kappa shape index (κ2) is 1.49. The summed E-state index contributed by atoms with van der Waals surface area (Å²) in [7, 11) is 0. The summed E-state index contributed by atoms with van der Waals surface area (Å²) in [4.78, 5) is 0. The summed E-state index contributed by atoms with van der Waals surface area (Å²) < 4.78 is 1.08. The number of halogens is 1. The molecule has 0 aromatic heterocycles. The molecular weight excluding hydrogens is 223 g/mol. The molecule has 50 valence electrons. The van der Waals surface area contributed by atoms with Crippen LogP contribution in [0.15, 0.2) is 0 Å². The highest BCUT2D eigenvalue weighted by molar-refractivity contribution is 14.1. The summed E-state index contributed by atoms with van der Waals surface area (Å²) in [6.07, 6.45) is 4.72. The summed E-state index contributed by atoms with van der Waals surface area (Å²) in [5, 5.41) is 0. The molecule has 3 fully saturated rings. The van der Waals surface area contributed by atoms with Gasteiger partial charge in [-0.1, -0.05) is 22.6 Å². The normalized spacial score (nSPS) is 68.3. The van der Waals surface area contributed by atoms with Crippen LogP contribution in [-0.4, -0.2) is 3.92 Å². The highest BCUT2D eigenvalue weighted by Crippen LogP contribution is 2.68. The molecule has 3 aliphatic rings. The van der Waals surface area contributed by atoms with Gasteiger partial charge in [0.1, 0.15) is 0 Å². The van der Waals surface area contributed by atoms with Gasteiger partial charge in [-0.3, -0.25) is 0 Å². The first-order valence-corrected chi connectivity index (χ1v) is 5.26. The van der Waals surface area contributed by atoms with Crippen LogP contribution in [0.3, 0.4) is 0 Å². The molecular formula is C8H11I. The SMILES string of the molecule is IC1CC2C3CCC3C12. The second-order valence-corrected chi connectivity index (χ2v) is 5.50. The van der Waals surface area contributed by atoms with E-state index in [1.165, 1.54) is 23.7 Å². The number of rotatable bonds is 0. The number of fused-ring (bicyclic) bond motifs is 4. The van der Waals surface area contributed by atoms with Gasteiger partial charge in [-0.05, 0) is 42.9 Å². The monoisotopic (exact) mass is 234 g/mol. The van der Waals surface area contributed by atoms with Crippen molar-refractivity contribution in [1.82, 2.24) is 0 Å². The second-order valence-electron chi connectivity index (χ2n) is 3.90. The molecule has 0 aromatic carbocycles. The third-order valence-corrected chi connectivity index (χ3v) is 5.18. The topological polar surface area (TPSA) is 0 Å². The summed E-state index contributed by atoms with van der Waals surface area (Å²) in [5.41, 5.74) is 0. The zero-order valence-corrected chi connectivity index (χ0v) is 7.54. The molecule has 9 heavy (non-hydrogen) atoms. The quantitative estimate of drug-likeness (QED) is 0.446. The van der Waals surface area contributed by atoms with Crippen LogP contribution in [-0.2, 0) is 0 Å². The number of hydrogen-bond donors (Lipinski definition) is 0. The summed E-state index contributed by atoms with van der Waals surface area (Å²) in [6.45, 7) is 0. The zero-order valence-electron chi connectivity index (χ0n) is 5.39. The molecule has 3 aliphatic carbocycles. The average Bonchev–Trinajstić information content (AvgIpc) is 1.79. The van der Waals surface area contributed by atoms with Gasteiger partial charge in [-0.15, -0.1) is 0 Å². The minimum absolute atomic E-state index is 1.08. The molecule has 0 amide bonds. The van der Waals surface area contributed by atoms with E-state index in [0.717, 1.165) is 3.92 Å². The highest BCUT2D eigenvalue weighted by Gasteiger charge is 2.62. The Bertz CT molecular complexity index is 149. The van der Waals surface area contributed by atoms with Crippen molar-refractivity contribution in [2.45, 2.75) is 23.2 Å². The Kier molecular flexibility index (Phi) is 0.890. The maximum Gasteiger partial charge on any atom is 0.0146 e. The standard InChI is InChI=1S/C8H11I/c9-7-3-6-4-1-2-5(4)8(6)7/h4-8H,1-3H2. The van der Waals surface area contributed by atoms with Crippen molar-refractivity contribution in [3.8, 4) is 0 Å². The van der Waals surface area contributed by atoms with Gasteiger partial charge >= 0.3 is 0 Å². The molecule has 1 heteroatoms. The molecule has 0 aromatic rings. The van der Waals surface area contributed by atoms with E-state index in [4.69, 9.17) is 0 Å². The van der Waals surface area contributed by atoms with Crippen LogP contribution in [0, 0.1) is 23.7 Å². The number of hydrogen-bond acceptors (Lipinski definition) is 0. The Morgan fingerprint density at radius 2 is 1.78 bits per heavy atom. The number of alkyl halides is 1. The largest absolute Gasteiger partial charge is 0.0823 e. The first kappa shape index (κ1) is 5.39. The van der Waals surface area contributed by atoms with Crippen molar-refractivity contribution in [3.63, 3.8) is 0 Å². The van der Waals surface area contributed by atoms with E-state index in [2.05, 4.69) is 22.6 Å². The molecule has 0 saturated heterocycles. The van der Waals surface area contributed by atoms with Crippen LogP contribution in [0.5, 0.6) is 0 Å². The molecule has 0 radical (unpaired) electrons. The lowest BCUT2D eigenvalue weighted by molar-refractivity contribution is -0.155. The fraction of sp³-hybridized carbons (Fsp3) is 1.00. The van der Waals surface area contributed by atoms with Gasteiger partial charge in [0.25, 0.3) is 0 Å². The first-order valence-electron chi connectivity index (χ1n) is 4.02. The lowest BCUT2D eigenvalue weighted by Crippen LogP contribution is -2.63. The Morgan fingerprint density at radius 3 is 2.11 bits per heavy atom. The first-order chi connectivity index (χ1) is 4.38. The van der Waals surface area contributed by atoms with E-state index < -0.39 is 0 Å². The van der Waals surface area contributed by atoms with Gasteiger partial charge < -0.3 is 0 Å². The van der Waals surface area contributed by atoms with Gasteiger partial charge in [0.2, 0.25) is 0 Å². The molecule has 0 aliphatic heterocycles. The van der Waals surface area contributed by atoms with Gasteiger partial charge in [-0.2, -0.15) is 0 Å². The molecule has 5 atom stereocenters. The smallest absolute Gasteiger partial charge is 0.0146 e. The van der Waals surface area contributed by atoms with E-state index >= 15 is 0 Å². The van der Waals surface area contributed by atoms with Crippen LogP contribution in [0.2, 0.25) is 0 Å². The van der Waals surface area contributed by atoms with Crippen molar-refractivity contribution in [1.29, 1.82) is 0 Å². The fourth-order valence-electron chi connectivity index (χ4n) is 3.11. The van der Waals surface area contributed by atoms with Crippen molar-refractivity contribution >= 4 is 22.6 Å². The van der Waals surface area contributed by atoms with Crippen LogP contribution in [0.25, 0.3) is 0 Å². The zero-order chi connectivity index (χ0) is 6.01. The van der Waals surface area contributed by atoms with Gasteiger partial charge in [-0.25, -0.2) is 0 Å². The van der Waals surface area contributed by atoms with Crippen molar-refractivity contribution in [2.75, 3.05) is 0 Å². The van der Waals surface area contributed by atoms with E-state index in [-0.39, 0.29) is 0 Å². The minimum atomic E-state index is 1.08. The molecule has 0 spiro atoms. The van der Waals surface area contributed by atoms with Crippen LogP contribution < -0.4 is 0 Å². The molecule has 5 unspecified atom stereocenters.